The highest BCUT2D eigenvalue weighted by Crippen LogP contribution is 2.21. The van der Waals surface area contributed by atoms with Crippen molar-refractivity contribution >= 4 is 39.2 Å². The Morgan fingerprint density at radius 3 is 2.93 bits per heavy atom. The maximum absolute atomic E-state index is 12.9. The van der Waals surface area contributed by atoms with Crippen LogP contribution in [0.25, 0.3) is 5.65 Å². The molecule has 0 radical (unpaired) electrons. The summed E-state index contributed by atoms with van der Waals surface area (Å²) in [4.78, 5) is 35.9. The molecule has 0 aromatic carbocycles. The van der Waals surface area contributed by atoms with Gasteiger partial charge in [0.1, 0.15) is 17.2 Å². The molecule has 0 saturated carbocycles. The van der Waals surface area contributed by atoms with Crippen molar-refractivity contribution in [3.63, 3.8) is 0 Å². The first-order chi connectivity index (χ1) is 13.5. The van der Waals surface area contributed by atoms with Crippen molar-refractivity contribution in [2.45, 2.75) is 19.8 Å². The molecule has 2 amide bonds. The zero-order chi connectivity index (χ0) is 19.7. The van der Waals surface area contributed by atoms with Crippen LogP contribution in [0.5, 0.6) is 0 Å². The van der Waals surface area contributed by atoms with Gasteiger partial charge in [0.15, 0.2) is 0 Å². The van der Waals surface area contributed by atoms with Gasteiger partial charge in [-0.05, 0) is 65.5 Å². The number of aromatic nitrogens is 3. The Morgan fingerprint density at radius 1 is 1.29 bits per heavy atom. The summed E-state index contributed by atoms with van der Waals surface area (Å²) in [6.45, 7) is 3.00. The lowest BCUT2D eigenvalue weighted by Gasteiger charge is -2.31. The van der Waals surface area contributed by atoms with Crippen molar-refractivity contribution in [1.82, 2.24) is 19.3 Å². The summed E-state index contributed by atoms with van der Waals surface area (Å²) in [5.41, 5.74) is 2.24. The molecule has 1 unspecified atom stereocenters. The second-order valence-electron chi connectivity index (χ2n) is 7.04. The molecule has 1 fully saturated rings. The molecule has 3 aromatic rings. The third kappa shape index (κ3) is 3.91. The highest BCUT2D eigenvalue weighted by atomic mass is 79.9. The number of nitrogens with zero attached hydrogens (tertiary/aromatic N) is 4. The van der Waals surface area contributed by atoms with Gasteiger partial charge in [-0.2, -0.15) is 0 Å². The summed E-state index contributed by atoms with van der Waals surface area (Å²) < 4.78 is 2.69. The summed E-state index contributed by atoms with van der Waals surface area (Å²) in [5, 5.41) is 2.84. The van der Waals surface area contributed by atoms with Crippen LogP contribution in [-0.2, 0) is 4.79 Å². The molecular formula is C20H20BrN5O2. The lowest BCUT2D eigenvalue weighted by atomic mass is 9.97. The van der Waals surface area contributed by atoms with Gasteiger partial charge < -0.3 is 14.6 Å². The number of anilines is 1. The first kappa shape index (κ1) is 18.6. The number of carbonyl (C=O) groups is 2. The Bertz CT molecular complexity index is 1030. The van der Waals surface area contributed by atoms with Crippen LogP contribution in [0.4, 0.5) is 5.82 Å². The van der Waals surface area contributed by atoms with Crippen molar-refractivity contribution in [3.8, 4) is 0 Å². The number of nitrogens with one attached hydrogen (secondary N) is 1. The Kier molecular flexibility index (Phi) is 5.13. The van der Waals surface area contributed by atoms with E-state index in [2.05, 4.69) is 31.2 Å². The Labute approximate surface area is 170 Å². The smallest absolute Gasteiger partial charge is 0.274 e. The topological polar surface area (TPSA) is 79.6 Å². The number of halogens is 1. The number of aryl methyl sites for hydroxylation is 1. The molecule has 1 aliphatic rings. The minimum absolute atomic E-state index is 0.113. The van der Waals surface area contributed by atoms with Gasteiger partial charge in [-0.1, -0.05) is 0 Å². The fourth-order valence-electron chi connectivity index (χ4n) is 3.40. The molecule has 1 atom stereocenters. The average molecular weight is 442 g/mol. The lowest BCUT2D eigenvalue weighted by molar-refractivity contribution is -0.121. The maximum Gasteiger partial charge on any atom is 0.274 e. The number of imidazole rings is 1. The van der Waals surface area contributed by atoms with Crippen LogP contribution in [0.2, 0.25) is 0 Å². The molecule has 4 heterocycles. The first-order valence-corrected chi connectivity index (χ1v) is 9.96. The fraction of sp³-hybridized carbons (Fsp3) is 0.300. The van der Waals surface area contributed by atoms with E-state index in [1.54, 1.807) is 23.4 Å². The number of fused-ring (bicyclic) bond motifs is 1. The molecule has 0 aliphatic carbocycles. The van der Waals surface area contributed by atoms with Crippen LogP contribution in [0, 0.1) is 12.8 Å². The Morgan fingerprint density at radius 2 is 2.14 bits per heavy atom. The Balaban J connectivity index is 1.45. The van der Waals surface area contributed by atoms with E-state index in [0.29, 0.717) is 24.6 Å². The zero-order valence-corrected chi connectivity index (χ0v) is 17.0. The van der Waals surface area contributed by atoms with Gasteiger partial charge in [0.2, 0.25) is 5.91 Å². The summed E-state index contributed by atoms with van der Waals surface area (Å²) in [6.07, 6.45) is 6.80. The van der Waals surface area contributed by atoms with Gasteiger partial charge in [0, 0.05) is 36.2 Å². The van der Waals surface area contributed by atoms with Gasteiger partial charge in [0.25, 0.3) is 5.91 Å². The van der Waals surface area contributed by atoms with Crippen LogP contribution < -0.4 is 5.32 Å². The molecule has 1 saturated heterocycles. The number of hydrogen-bond acceptors (Lipinski definition) is 4. The van der Waals surface area contributed by atoms with Crippen molar-refractivity contribution in [1.29, 1.82) is 0 Å². The van der Waals surface area contributed by atoms with Gasteiger partial charge >= 0.3 is 0 Å². The highest BCUT2D eigenvalue weighted by Gasteiger charge is 2.30. The van der Waals surface area contributed by atoms with Crippen molar-refractivity contribution in [2.24, 2.45) is 5.92 Å². The summed E-state index contributed by atoms with van der Waals surface area (Å²) in [5.74, 6) is -0.00615. The number of likely N-dealkylation sites (tertiary alicyclic amines) is 1. The standard InChI is InChI=1S/C20H20BrN5O2/c1-13-6-8-25-12-16(23-18(25)9-13)20(28)26-7-2-3-14(11-26)19(27)24-17-5-4-15(21)10-22-17/h4-6,8-10,12,14H,2-3,7,11H2,1H3,(H,22,24,27). The van der Waals surface area contributed by atoms with E-state index in [4.69, 9.17) is 0 Å². The monoisotopic (exact) mass is 441 g/mol. The predicted molar refractivity (Wildman–Crippen MR) is 109 cm³/mol. The number of piperidine rings is 1. The molecule has 1 N–H and O–H groups in total. The molecule has 7 nitrogen and oxygen atoms in total. The number of carbonyl (C=O) groups excluding carboxylic acids is 2. The molecule has 4 rings (SSSR count). The molecule has 0 bridgehead atoms. The second kappa shape index (κ2) is 7.71. The summed E-state index contributed by atoms with van der Waals surface area (Å²) >= 11 is 3.32. The molecular weight excluding hydrogens is 422 g/mol. The van der Waals surface area contributed by atoms with Crippen LogP contribution in [0.1, 0.15) is 28.9 Å². The number of pyridine rings is 2. The average Bonchev–Trinajstić information content (AvgIpc) is 3.12. The largest absolute Gasteiger partial charge is 0.336 e. The molecule has 28 heavy (non-hydrogen) atoms. The van der Waals surface area contributed by atoms with Crippen molar-refractivity contribution in [2.75, 3.05) is 18.4 Å². The van der Waals surface area contributed by atoms with Gasteiger partial charge in [-0.3, -0.25) is 9.59 Å². The van der Waals surface area contributed by atoms with E-state index in [9.17, 15) is 9.59 Å². The number of hydrogen-bond donors (Lipinski definition) is 1. The van der Waals surface area contributed by atoms with Gasteiger partial charge in [-0.15, -0.1) is 0 Å². The van der Waals surface area contributed by atoms with E-state index in [1.165, 1.54) is 0 Å². The second-order valence-corrected chi connectivity index (χ2v) is 7.95. The predicted octanol–water partition coefficient (Wildman–Crippen LogP) is 3.29. The fourth-order valence-corrected chi connectivity index (χ4v) is 3.64. The van der Waals surface area contributed by atoms with Crippen LogP contribution in [0.3, 0.4) is 0 Å². The SMILES string of the molecule is Cc1ccn2cc(C(=O)N3CCCC(C(=O)Nc4ccc(Br)cn4)C3)nc2c1. The van der Waals surface area contributed by atoms with E-state index in [0.717, 1.165) is 28.5 Å². The quantitative estimate of drug-likeness (QED) is 0.675. The third-order valence-electron chi connectivity index (χ3n) is 4.89. The number of amides is 2. The zero-order valence-electron chi connectivity index (χ0n) is 15.4. The minimum atomic E-state index is -0.262. The normalized spacial score (nSPS) is 16.9. The molecule has 1 aliphatic heterocycles. The maximum atomic E-state index is 12.9. The van der Waals surface area contributed by atoms with Gasteiger partial charge in [0.05, 0.1) is 5.92 Å². The van der Waals surface area contributed by atoms with E-state index in [-0.39, 0.29) is 17.7 Å². The molecule has 144 valence electrons. The van der Waals surface area contributed by atoms with Crippen LogP contribution in [-0.4, -0.2) is 44.2 Å². The summed E-state index contributed by atoms with van der Waals surface area (Å²) in [6, 6.07) is 7.48. The van der Waals surface area contributed by atoms with Crippen LogP contribution in [0.15, 0.2) is 47.3 Å². The summed E-state index contributed by atoms with van der Waals surface area (Å²) in [7, 11) is 0. The van der Waals surface area contributed by atoms with E-state index < -0.39 is 0 Å². The number of rotatable bonds is 3. The Hall–Kier alpha value is -2.74. The molecule has 0 spiro atoms. The van der Waals surface area contributed by atoms with Crippen molar-refractivity contribution < 1.29 is 9.59 Å². The van der Waals surface area contributed by atoms with E-state index >= 15 is 0 Å². The molecule has 3 aromatic heterocycles. The van der Waals surface area contributed by atoms with E-state index in [1.807, 2.05) is 35.7 Å². The third-order valence-corrected chi connectivity index (χ3v) is 5.36. The van der Waals surface area contributed by atoms with Gasteiger partial charge in [-0.25, -0.2) is 9.97 Å². The molecule has 8 heteroatoms. The highest BCUT2D eigenvalue weighted by molar-refractivity contribution is 9.10. The minimum Gasteiger partial charge on any atom is -0.336 e. The lowest BCUT2D eigenvalue weighted by Crippen LogP contribution is -2.44. The first-order valence-electron chi connectivity index (χ1n) is 9.16. The van der Waals surface area contributed by atoms with Crippen molar-refractivity contribution in [3.05, 3.63) is 58.6 Å². The van der Waals surface area contributed by atoms with Crippen LogP contribution >= 0.6 is 15.9 Å².